The molecule has 0 amide bonds. The summed E-state index contributed by atoms with van der Waals surface area (Å²) < 4.78 is 0. The molecule has 2 heteroatoms. The average Bonchev–Trinajstić information content (AvgIpc) is 2.82. The van der Waals surface area contributed by atoms with E-state index in [0.717, 1.165) is 6.42 Å². The van der Waals surface area contributed by atoms with Gasteiger partial charge in [-0.3, -0.25) is 4.98 Å². The molecule has 1 unspecified atom stereocenters. The molecule has 1 atom stereocenters. The van der Waals surface area contributed by atoms with Crippen molar-refractivity contribution >= 4 is 5.69 Å². The molecular weight excluding hydrogens is 220 g/mol. The Bertz CT molecular complexity index is 546. The minimum absolute atomic E-state index is 0.394. The Morgan fingerprint density at radius 1 is 1.17 bits per heavy atom. The van der Waals surface area contributed by atoms with Gasteiger partial charge >= 0.3 is 0 Å². The van der Waals surface area contributed by atoms with Gasteiger partial charge in [0.25, 0.3) is 0 Å². The topological polar surface area (TPSA) is 24.9 Å². The second kappa shape index (κ2) is 4.45. The summed E-state index contributed by atoms with van der Waals surface area (Å²) in [5.41, 5.74) is 5.45. The van der Waals surface area contributed by atoms with E-state index >= 15 is 0 Å². The fourth-order valence-electron chi connectivity index (χ4n) is 2.54. The van der Waals surface area contributed by atoms with E-state index in [0.29, 0.717) is 12.0 Å². The van der Waals surface area contributed by atoms with Gasteiger partial charge in [-0.05, 0) is 47.2 Å². The van der Waals surface area contributed by atoms with E-state index in [-0.39, 0.29) is 0 Å². The molecule has 2 nitrogen and oxygen atoms in total. The molecule has 0 spiro atoms. The van der Waals surface area contributed by atoms with Gasteiger partial charge in [-0.25, -0.2) is 0 Å². The fourth-order valence-corrected chi connectivity index (χ4v) is 2.54. The Balaban J connectivity index is 1.87. The van der Waals surface area contributed by atoms with E-state index < -0.39 is 0 Å². The van der Waals surface area contributed by atoms with Crippen molar-refractivity contribution in [2.75, 3.05) is 5.32 Å². The van der Waals surface area contributed by atoms with Crippen LogP contribution in [0.15, 0.2) is 42.7 Å². The third-order valence-corrected chi connectivity index (χ3v) is 3.66. The second-order valence-electron chi connectivity index (χ2n) is 5.25. The van der Waals surface area contributed by atoms with Crippen LogP contribution >= 0.6 is 0 Å². The van der Waals surface area contributed by atoms with Gasteiger partial charge in [-0.2, -0.15) is 0 Å². The normalized spacial score (nSPS) is 17.6. The summed E-state index contributed by atoms with van der Waals surface area (Å²) in [4.78, 5) is 4.08. The number of pyridine rings is 1. The van der Waals surface area contributed by atoms with Crippen LogP contribution in [0.4, 0.5) is 5.69 Å². The lowest BCUT2D eigenvalue weighted by atomic mass is 9.98. The summed E-state index contributed by atoms with van der Waals surface area (Å²) in [7, 11) is 0. The Hall–Kier alpha value is -1.83. The minimum Gasteiger partial charge on any atom is -0.378 e. The van der Waals surface area contributed by atoms with Crippen LogP contribution in [0.2, 0.25) is 0 Å². The lowest BCUT2D eigenvalue weighted by Gasteiger charge is -2.10. The van der Waals surface area contributed by atoms with Gasteiger partial charge < -0.3 is 5.32 Å². The number of anilines is 1. The largest absolute Gasteiger partial charge is 0.378 e. The lowest BCUT2D eigenvalue weighted by Crippen LogP contribution is -2.05. The number of nitrogens with zero attached hydrogens (tertiary/aromatic N) is 1. The van der Waals surface area contributed by atoms with E-state index in [9.17, 15) is 0 Å². The van der Waals surface area contributed by atoms with Crippen LogP contribution in [0.5, 0.6) is 0 Å². The number of hydrogen-bond acceptors (Lipinski definition) is 2. The lowest BCUT2D eigenvalue weighted by molar-refractivity contribution is 0.817. The summed E-state index contributed by atoms with van der Waals surface area (Å²) in [5, 5.41) is 3.59. The molecule has 3 rings (SSSR count). The van der Waals surface area contributed by atoms with Gasteiger partial charge in [-0.15, -0.1) is 0 Å². The first-order valence-corrected chi connectivity index (χ1v) is 6.53. The second-order valence-corrected chi connectivity index (χ2v) is 5.25. The maximum absolute atomic E-state index is 4.08. The average molecular weight is 238 g/mol. The summed E-state index contributed by atoms with van der Waals surface area (Å²) in [6.07, 6.45) is 4.79. The minimum atomic E-state index is 0.394. The number of hydrogen-bond donors (Lipinski definition) is 1. The Morgan fingerprint density at radius 3 is 2.67 bits per heavy atom. The molecule has 92 valence electrons. The molecule has 0 saturated carbocycles. The molecule has 1 aliphatic heterocycles. The molecule has 2 heterocycles. The predicted octanol–water partition coefficient (Wildman–Crippen LogP) is 3.91. The van der Waals surface area contributed by atoms with E-state index in [1.807, 2.05) is 12.4 Å². The predicted molar refractivity (Wildman–Crippen MR) is 74.8 cm³/mol. The maximum atomic E-state index is 4.08. The van der Waals surface area contributed by atoms with Crippen molar-refractivity contribution in [2.24, 2.45) is 0 Å². The standard InChI is InChI=1S/C16H18N2/c1-11(2)13-3-4-15-14(9-13)10-16(18-15)12-5-7-17-8-6-12/h3-9,11,16,18H,10H2,1-2H3. The number of rotatable bonds is 2. The van der Waals surface area contributed by atoms with Crippen molar-refractivity contribution in [3.05, 3.63) is 59.4 Å². The van der Waals surface area contributed by atoms with Gasteiger partial charge in [0.2, 0.25) is 0 Å². The number of nitrogens with one attached hydrogen (secondary N) is 1. The molecule has 1 aromatic heterocycles. The molecule has 1 N–H and O–H groups in total. The first-order valence-electron chi connectivity index (χ1n) is 6.53. The van der Waals surface area contributed by atoms with Crippen LogP contribution in [0.3, 0.4) is 0 Å². The first-order chi connectivity index (χ1) is 8.74. The highest BCUT2D eigenvalue weighted by molar-refractivity contribution is 5.59. The van der Waals surface area contributed by atoms with Crippen molar-refractivity contribution in [2.45, 2.75) is 32.2 Å². The van der Waals surface area contributed by atoms with Crippen LogP contribution < -0.4 is 5.32 Å². The van der Waals surface area contributed by atoms with E-state index in [1.165, 1.54) is 22.4 Å². The molecule has 0 bridgehead atoms. The zero-order chi connectivity index (χ0) is 12.5. The van der Waals surface area contributed by atoms with Crippen LogP contribution in [-0.4, -0.2) is 4.98 Å². The molecule has 0 radical (unpaired) electrons. The van der Waals surface area contributed by atoms with E-state index in [4.69, 9.17) is 0 Å². The van der Waals surface area contributed by atoms with Gasteiger partial charge in [0, 0.05) is 18.1 Å². The summed E-state index contributed by atoms with van der Waals surface area (Å²) in [6, 6.07) is 11.4. The summed E-state index contributed by atoms with van der Waals surface area (Å²) >= 11 is 0. The van der Waals surface area contributed by atoms with Gasteiger partial charge in [0.1, 0.15) is 0 Å². The third-order valence-electron chi connectivity index (χ3n) is 3.66. The van der Waals surface area contributed by atoms with Crippen LogP contribution in [0, 0.1) is 0 Å². The number of fused-ring (bicyclic) bond motifs is 1. The molecule has 1 aliphatic rings. The highest BCUT2D eigenvalue weighted by Crippen LogP contribution is 2.35. The molecule has 2 aromatic rings. The van der Waals surface area contributed by atoms with Crippen molar-refractivity contribution in [3.8, 4) is 0 Å². The number of aromatic nitrogens is 1. The van der Waals surface area contributed by atoms with Crippen LogP contribution in [-0.2, 0) is 6.42 Å². The van der Waals surface area contributed by atoms with Gasteiger partial charge in [0.15, 0.2) is 0 Å². The first kappa shape index (κ1) is 11.3. The number of benzene rings is 1. The van der Waals surface area contributed by atoms with Crippen molar-refractivity contribution in [1.82, 2.24) is 4.98 Å². The maximum Gasteiger partial charge on any atom is 0.0556 e. The van der Waals surface area contributed by atoms with Gasteiger partial charge in [0.05, 0.1) is 6.04 Å². The zero-order valence-corrected chi connectivity index (χ0v) is 10.9. The Labute approximate surface area is 108 Å². The van der Waals surface area contributed by atoms with E-state index in [1.54, 1.807) is 0 Å². The van der Waals surface area contributed by atoms with E-state index in [2.05, 4.69) is 54.5 Å². The van der Waals surface area contributed by atoms with Crippen LogP contribution in [0.25, 0.3) is 0 Å². The smallest absolute Gasteiger partial charge is 0.0556 e. The zero-order valence-electron chi connectivity index (χ0n) is 10.9. The monoisotopic (exact) mass is 238 g/mol. The third kappa shape index (κ3) is 1.99. The molecule has 1 aromatic carbocycles. The van der Waals surface area contributed by atoms with Crippen molar-refractivity contribution in [3.63, 3.8) is 0 Å². The van der Waals surface area contributed by atoms with Crippen molar-refractivity contribution in [1.29, 1.82) is 0 Å². The van der Waals surface area contributed by atoms with Gasteiger partial charge in [-0.1, -0.05) is 26.0 Å². The summed E-state index contributed by atoms with van der Waals surface area (Å²) in [5.74, 6) is 0.593. The fraction of sp³-hybridized carbons (Fsp3) is 0.312. The molecule has 0 fully saturated rings. The van der Waals surface area contributed by atoms with Crippen molar-refractivity contribution < 1.29 is 0 Å². The summed E-state index contributed by atoms with van der Waals surface area (Å²) in [6.45, 7) is 4.48. The Kier molecular flexibility index (Phi) is 2.78. The molecule has 18 heavy (non-hydrogen) atoms. The highest BCUT2D eigenvalue weighted by Gasteiger charge is 2.22. The molecule has 0 saturated heterocycles. The SMILES string of the molecule is CC(C)c1ccc2c(c1)CC(c1ccncc1)N2. The quantitative estimate of drug-likeness (QED) is 0.858. The molecule has 0 aliphatic carbocycles. The molecular formula is C16H18N2. The van der Waals surface area contributed by atoms with Crippen LogP contribution in [0.1, 0.15) is 42.5 Å². The Morgan fingerprint density at radius 2 is 1.94 bits per heavy atom. The highest BCUT2D eigenvalue weighted by atomic mass is 14.9.